The molecule has 5 amide bonds. The lowest BCUT2D eigenvalue weighted by Gasteiger charge is -2.33. The van der Waals surface area contributed by atoms with Gasteiger partial charge >= 0.3 is 41.8 Å². The van der Waals surface area contributed by atoms with Crippen molar-refractivity contribution in [2.45, 2.75) is 82.3 Å². The molecule has 3 rings (SSSR count). The lowest BCUT2D eigenvalue weighted by atomic mass is 9.81. The summed E-state index contributed by atoms with van der Waals surface area (Å²) >= 11 is 0. The second-order valence-electron chi connectivity index (χ2n) is 18.0. The molecule has 72 heavy (non-hydrogen) atoms. The van der Waals surface area contributed by atoms with Crippen molar-refractivity contribution >= 4 is 65.6 Å². The Morgan fingerprint density at radius 2 is 1.04 bits per heavy atom. The number of hydrogen-bond donors (Lipinski definition) is 11. The third-order valence-corrected chi connectivity index (χ3v) is 12.4. The van der Waals surface area contributed by atoms with Crippen LogP contribution >= 0.6 is 0 Å². The number of rotatable bonds is 28. The summed E-state index contributed by atoms with van der Waals surface area (Å²) in [6.45, 7) is 1.75. The highest BCUT2D eigenvalue weighted by atomic mass is 16.4. The summed E-state index contributed by atoms with van der Waals surface area (Å²) in [4.78, 5) is 129. The molecule has 0 spiro atoms. The van der Waals surface area contributed by atoms with Crippen molar-refractivity contribution in [3.63, 3.8) is 0 Å². The topological polar surface area (TPSA) is 365 Å². The molecular weight excluding hydrogens is 947 g/mol. The normalized spacial score (nSPS) is 19.0. The van der Waals surface area contributed by atoms with Gasteiger partial charge in [0.25, 0.3) is 0 Å². The van der Waals surface area contributed by atoms with Crippen molar-refractivity contribution in [2.75, 3.05) is 91.6 Å². The zero-order chi connectivity index (χ0) is 53.0. The molecule has 1 aliphatic carbocycles. The number of carbonyl (C=O) groups excluding carboxylic acids is 4. The van der Waals surface area contributed by atoms with Gasteiger partial charge in [0.2, 0.25) is 17.7 Å². The molecule has 1 heterocycles. The van der Waals surface area contributed by atoms with Crippen LogP contribution in [0.1, 0.15) is 69.8 Å². The predicted molar refractivity (Wildman–Crippen MR) is 257 cm³/mol. The lowest BCUT2D eigenvalue weighted by Crippen LogP contribution is -2.51. The highest BCUT2D eigenvalue weighted by Gasteiger charge is 2.30. The molecule has 0 radical (unpaired) electrons. The highest BCUT2D eigenvalue weighted by molar-refractivity contribution is 5.89. The number of aliphatic carboxylic acids is 6. The van der Waals surface area contributed by atoms with Gasteiger partial charge in [-0.05, 0) is 69.3 Å². The molecule has 1 aromatic rings. The average molecular weight is 1020 g/mol. The minimum Gasteiger partial charge on any atom is -0.481 e. The molecule has 0 aromatic heterocycles. The second kappa shape index (κ2) is 32.3. The van der Waals surface area contributed by atoms with E-state index < -0.39 is 84.6 Å². The van der Waals surface area contributed by atoms with Crippen LogP contribution < -0.4 is 26.6 Å². The number of carboxylic acid groups (broad SMARTS) is 6. The molecule has 0 unspecified atom stereocenters. The number of carboxylic acids is 6. The first-order valence-corrected chi connectivity index (χ1v) is 24.1. The van der Waals surface area contributed by atoms with Crippen LogP contribution in [-0.2, 0) is 43.2 Å². The van der Waals surface area contributed by atoms with Gasteiger partial charge in [0, 0.05) is 77.8 Å². The summed E-state index contributed by atoms with van der Waals surface area (Å²) in [5, 5.41) is 69.1. The number of nitrogens with zero attached hydrogens (tertiary/aromatic N) is 4. The Kier molecular flexibility index (Phi) is 26.7. The average Bonchev–Trinajstić information content (AvgIpc) is 3.31. The van der Waals surface area contributed by atoms with E-state index in [0.717, 1.165) is 5.56 Å². The Labute approximate surface area is 417 Å². The van der Waals surface area contributed by atoms with E-state index in [0.29, 0.717) is 51.7 Å². The van der Waals surface area contributed by atoms with Crippen LogP contribution in [0.2, 0.25) is 0 Å². The van der Waals surface area contributed by atoms with Crippen molar-refractivity contribution in [3.05, 3.63) is 42.0 Å². The zero-order valence-corrected chi connectivity index (χ0v) is 40.5. The fourth-order valence-corrected chi connectivity index (χ4v) is 8.31. The smallest absolute Gasteiger partial charge is 0.326 e. The molecule has 2 aliphatic rings. The molecule has 1 aromatic carbocycles. The van der Waals surface area contributed by atoms with Crippen molar-refractivity contribution in [1.82, 2.24) is 46.2 Å². The summed E-state index contributed by atoms with van der Waals surface area (Å²) in [6.07, 6.45) is 5.53. The van der Waals surface area contributed by atoms with E-state index in [4.69, 9.17) is 5.11 Å². The van der Waals surface area contributed by atoms with Gasteiger partial charge in [-0.2, -0.15) is 0 Å². The fourth-order valence-electron chi connectivity index (χ4n) is 8.31. The number of unbranched alkanes of at least 4 members (excludes halogenated alkanes) is 1. The van der Waals surface area contributed by atoms with Crippen LogP contribution in [0.4, 0.5) is 4.79 Å². The van der Waals surface area contributed by atoms with E-state index in [1.165, 1.54) is 0 Å². The van der Waals surface area contributed by atoms with Gasteiger partial charge in [-0.15, -0.1) is 0 Å². The number of urea groups is 1. The molecule has 0 bridgehead atoms. The van der Waals surface area contributed by atoms with Crippen LogP contribution in [0, 0.1) is 11.8 Å². The predicted octanol–water partition coefficient (Wildman–Crippen LogP) is -0.670. The van der Waals surface area contributed by atoms with E-state index in [1.54, 1.807) is 20.8 Å². The zero-order valence-electron chi connectivity index (χ0n) is 40.5. The third-order valence-electron chi connectivity index (χ3n) is 12.4. The lowest BCUT2D eigenvalue weighted by molar-refractivity contribution is -0.141. The number of nitrogens with one attached hydrogen (secondary N) is 5. The van der Waals surface area contributed by atoms with Gasteiger partial charge in [-0.3, -0.25) is 53.2 Å². The van der Waals surface area contributed by atoms with Gasteiger partial charge in [0.1, 0.15) is 18.1 Å². The van der Waals surface area contributed by atoms with E-state index in [1.807, 2.05) is 41.3 Å². The van der Waals surface area contributed by atoms with E-state index in [-0.39, 0.29) is 109 Å². The van der Waals surface area contributed by atoms with Gasteiger partial charge in [0.05, 0.1) is 26.2 Å². The molecule has 25 nitrogen and oxygen atoms in total. The summed E-state index contributed by atoms with van der Waals surface area (Å²) in [5.74, 6) is -8.65. The third kappa shape index (κ3) is 24.9. The number of hydrogen-bond acceptors (Lipinski definition) is 14. The minimum atomic E-state index is -1.55. The first-order chi connectivity index (χ1) is 34.3. The van der Waals surface area contributed by atoms with Crippen LogP contribution in [0.25, 0.3) is 6.08 Å². The van der Waals surface area contributed by atoms with Crippen molar-refractivity contribution in [2.24, 2.45) is 11.8 Å². The van der Waals surface area contributed by atoms with Gasteiger partial charge in [0.15, 0.2) is 0 Å². The van der Waals surface area contributed by atoms with E-state index in [9.17, 15) is 73.5 Å². The van der Waals surface area contributed by atoms with Gasteiger partial charge in [-0.1, -0.05) is 42.5 Å². The molecule has 1 aliphatic heterocycles. The number of carbonyl (C=O) groups is 10. The Morgan fingerprint density at radius 1 is 0.556 bits per heavy atom. The standard InChI is InChI=1S/C47H71N9O16/c57-38(28-53-19-21-54(29-40(60)61)23-25-56(31-42(64)65)26-24-55(22-20-53)30-41(62)63)49-27-33-12-14-34(15-13-33)43(66)50-35(11-6-9-32-7-2-1-3-8-32)44(67)48-18-5-4-10-36(45(68)69)51-47(72)52-37(46(70)71)16-17-39(58)59/h1-3,6-9,33-37H,4-5,10-31H2,(H,48,67)(H,49,57)(H,50,66)(H,58,59)(H,60,61)(H,62,63)(H,64,65)(H,68,69)(H,70,71)(H2,51,52,72)/b9-6+/t33?,34?,35-,36+,37+/m1/s1. The molecule has 11 N–H and O–H groups in total. The molecule has 1 saturated heterocycles. The molecule has 2 fully saturated rings. The van der Waals surface area contributed by atoms with Crippen LogP contribution in [0.5, 0.6) is 0 Å². The monoisotopic (exact) mass is 1020 g/mol. The Balaban J connectivity index is 1.53. The van der Waals surface area contributed by atoms with Gasteiger partial charge < -0.3 is 57.2 Å². The summed E-state index contributed by atoms with van der Waals surface area (Å²) in [6, 6.07) is 4.36. The first kappa shape index (κ1) is 59.6. The maximum absolute atomic E-state index is 13.6. The quantitative estimate of drug-likeness (QED) is 0.0464. The largest absolute Gasteiger partial charge is 0.481 e. The Morgan fingerprint density at radius 3 is 1.51 bits per heavy atom. The molecule has 25 heteroatoms. The summed E-state index contributed by atoms with van der Waals surface area (Å²) < 4.78 is 0. The van der Waals surface area contributed by atoms with Crippen molar-refractivity contribution in [3.8, 4) is 0 Å². The van der Waals surface area contributed by atoms with Gasteiger partial charge in [-0.25, -0.2) is 14.4 Å². The highest BCUT2D eigenvalue weighted by Crippen LogP contribution is 2.29. The maximum atomic E-state index is 13.6. The first-order valence-electron chi connectivity index (χ1n) is 24.1. The summed E-state index contributed by atoms with van der Waals surface area (Å²) in [7, 11) is 0. The Hall–Kier alpha value is -6.70. The summed E-state index contributed by atoms with van der Waals surface area (Å²) in [5.41, 5.74) is 0.887. The van der Waals surface area contributed by atoms with Crippen LogP contribution in [0.15, 0.2) is 36.4 Å². The molecular formula is C47H71N9O16. The molecule has 400 valence electrons. The molecule has 3 atom stereocenters. The SMILES string of the molecule is O=C(O)CC[C@H](NC(=O)N[C@@H](CCCCNC(=O)[C@@H](C/C=C/c1ccccc1)NC(=O)C1CCC(CNC(=O)CN2CCN(CC(=O)O)CCN(CC(=O)O)CCN(CC(=O)O)CC2)CC1)C(=O)O)C(=O)O. The van der Waals surface area contributed by atoms with Crippen LogP contribution in [-0.4, -0.2) is 220 Å². The fraction of sp³-hybridized carbons (Fsp3) is 0.617. The number of amides is 5. The maximum Gasteiger partial charge on any atom is 0.326 e. The van der Waals surface area contributed by atoms with E-state index in [2.05, 4.69) is 26.6 Å². The van der Waals surface area contributed by atoms with Crippen LogP contribution in [0.3, 0.4) is 0 Å². The second-order valence-corrected chi connectivity index (χ2v) is 18.0. The molecule has 1 saturated carbocycles. The van der Waals surface area contributed by atoms with Crippen molar-refractivity contribution < 1.29 is 78.6 Å². The van der Waals surface area contributed by atoms with E-state index >= 15 is 0 Å². The minimum absolute atomic E-state index is 0.0268. The van der Waals surface area contributed by atoms with Crippen molar-refractivity contribution in [1.29, 1.82) is 0 Å². The number of benzene rings is 1. The Bertz CT molecular complexity index is 1970.